The average Bonchev–Trinajstić information content (AvgIpc) is 2.77. The molecule has 0 aliphatic rings. The zero-order valence-corrected chi connectivity index (χ0v) is 12.7. The number of para-hydroxylation sites is 1. The molecular weight excluding hydrogens is 234 g/mol. The fourth-order valence-corrected chi connectivity index (χ4v) is 2.60. The summed E-state index contributed by atoms with van der Waals surface area (Å²) in [6.07, 6.45) is 0. The van der Waals surface area contributed by atoms with Crippen LogP contribution < -0.4 is 5.32 Å². The lowest BCUT2D eigenvalue weighted by atomic mass is 10.00. The summed E-state index contributed by atoms with van der Waals surface area (Å²) >= 11 is 0. The lowest BCUT2D eigenvalue weighted by Gasteiger charge is -2.19. The lowest BCUT2D eigenvalue weighted by Crippen LogP contribution is -2.24. The van der Waals surface area contributed by atoms with E-state index in [-0.39, 0.29) is 6.04 Å². The van der Waals surface area contributed by atoms with Crippen molar-refractivity contribution in [2.45, 2.75) is 46.6 Å². The van der Waals surface area contributed by atoms with Gasteiger partial charge < -0.3 is 9.73 Å². The summed E-state index contributed by atoms with van der Waals surface area (Å²) in [6, 6.07) is 8.90. The molecule has 1 aromatic heterocycles. The van der Waals surface area contributed by atoms with Crippen molar-refractivity contribution in [2.24, 2.45) is 5.92 Å². The third-order valence-corrected chi connectivity index (χ3v) is 3.61. The van der Waals surface area contributed by atoms with Crippen LogP contribution in [0, 0.1) is 5.92 Å². The fraction of sp³-hybridized carbons (Fsp3) is 0.529. The van der Waals surface area contributed by atoms with E-state index in [0.717, 1.165) is 17.9 Å². The molecule has 0 radical (unpaired) electrons. The molecule has 1 unspecified atom stereocenters. The Balaban J connectivity index is 2.48. The van der Waals surface area contributed by atoms with Gasteiger partial charge in [0.15, 0.2) is 0 Å². The van der Waals surface area contributed by atoms with Gasteiger partial charge in [-0.3, -0.25) is 0 Å². The third kappa shape index (κ3) is 2.84. The van der Waals surface area contributed by atoms with E-state index in [9.17, 15) is 0 Å². The summed E-state index contributed by atoms with van der Waals surface area (Å²) in [5, 5.41) is 4.73. The zero-order valence-electron chi connectivity index (χ0n) is 12.7. The Bertz CT molecular complexity index is 539. The van der Waals surface area contributed by atoms with Gasteiger partial charge in [-0.2, -0.15) is 0 Å². The van der Waals surface area contributed by atoms with Crippen LogP contribution in [0.3, 0.4) is 0 Å². The molecule has 0 fully saturated rings. The Labute approximate surface area is 116 Å². The highest BCUT2D eigenvalue weighted by atomic mass is 16.3. The van der Waals surface area contributed by atoms with Crippen molar-refractivity contribution in [1.29, 1.82) is 0 Å². The van der Waals surface area contributed by atoms with Crippen molar-refractivity contribution in [3.05, 3.63) is 35.6 Å². The molecule has 0 aliphatic carbocycles. The van der Waals surface area contributed by atoms with E-state index in [1.54, 1.807) is 0 Å². The number of nitrogens with one attached hydrogen (secondary N) is 1. The molecule has 1 N–H and O–H groups in total. The molecule has 1 heterocycles. The van der Waals surface area contributed by atoms with Gasteiger partial charge in [-0.1, -0.05) is 52.8 Å². The highest BCUT2D eigenvalue weighted by molar-refractivity contribution is 5.81. The first kappa shape index (κ1) is 14.1. The summed E-state index contributed by atoms with van der Waals surface area (Å²) < 4.78 is 6.17. The van der Waals surface area contributed by atoms with Gasteiger partial charge in [0.2, 0.25) is 0 Å². The van der Waals surface area contributed by atoms with E-state index in [2.05, 4.69) is 64.2 Å². The summed E-state index contributed by atoms with van der Waals surface area (Å²) in [7, 11) is 0. The first-order valence-corrected chi connectivity index (χ1v) is 7.30. The van der Waals surface area contributed by atoms with Gasteiger partial charge in [0.25, 0.3) is 0 Å². The van der Waals surface area contributed by atoms with E-state index >= 15 is 0 Å². The Kier molecular flexibility index (Phi) is 4.31. The maximum Gasteiger partial charge on any atom is 0.137 e. The van der Waals surface area contributed by atoms with E-state index in [0.29, 0.717) is 11.8 Å². The van der Waals surface area contributed by atoms with E-state index < -0.39 is 0 Å². The van der Waals surface area contributed by atoms with Gasteiger partial charge in [0, 0.05) is 5.39 Å². The molecule has 0 spiro atoms. The van der Waals surface area contributed by atoms with Crippen molar-refractivity contribution in [3.8, 4) is 0 Å². The highest BCUT2D eigenvalue weighted by Crippen LogP contribution is 2.32. The van der Waals surface area contributed by atoms with Gasteiger partial charge in [0.05, 0.1) is 6.04 Å². The molecule has 1 atom stereocenters. The monoisotopic (exact) mass is 259 g/mol. The van der Waals surface area contributed by atoms with Crippen LogP contribution in [-0.4, -0.2) is 6.54 Å². The molecule has 0 amide bonds. The zero-order chi connectivity index (χ0) is 14.0. The molecule has 0 saturated heterocycles. The molecule has 104 valence electrons. The van der Waals surface area contributed by atoms with Gasteiger partial charge in [0.1, 0.15) is 11.3 Å². The molecule has 2 rings (SSSR count). The van der Waals surface area contributed by atoms with Crippen molar-refractivity contribution < 1.29 is 4.42 Å². The van der Waals surface area contributed by atoms with Crippen molar-refractivity contribution in [3.63, 3.8) is 0 Å². The molecule has 1 aromatic carbocycles. The van der Waals surface area contributed by atoms with Crippen molar-refractivity contribution in [2.75, 3.05) is 6.54 Å². The minimum Gasteiger partial charge on any atom is -0.459 e. The highest BCUT2D eigenvalue weighted by Gasteiger charge is 2.20. The van der Waals surface area contributed by atoms with Crippen molar-refractivity contribution in [1.82, 2.24) is 5.32 Å². The summed E-state index contributed by atoms with van der Waals surface area (Å²) in [5.41, 5.74) is 2.35. The Morgan fingerprint density at radius 2 is 1.89 bits per heavy atom. The molecule has 0 bridgehead atoms. The predicted octanol–water partition coefficient (Wildman–Crippen LogP) is 4.86. The maximum atomic E-state index is 6.17. The van der Waals surface area contributed by atoms with Crippen LogP contribution in [0.1, 0.15) is 57.9 Å². The van der Waals surface area contributed by atoms with E-state index in [1.165, 1.54) is 10.9 Å². The summed E-state index contributed by atoms with van der Waals surface area (Å²) in [6.45, 7) is 12.0. The third-order valence-electron chi connectivity index (χ3n) is 3.61. The first-order valence-electron chi connectivity index (χ1n) is 7.30. The number of hydrogen-bond acceptors (Lipinski definition) is 2. The smallest absolute Gasteiger partial charge is 0.137 e. The SMILES string of the molecule is CCNC(c1cc2cccc(C(C)C)c2o1)C(C)C. The normalized spacial score (nSPS) is 13.6. The Morgan fingerprint density at radius 3 is 2.47 bits per heavy atom. The van der Waals surface area contributed by atoms with Crippen LogP contribution in [0.25, 0.3) is 11.0 Å². The minimum atomic E-state index is 0.289. The summed E-state index contributed by atoms with van der Waals surface area (Å²) in [5.74, 6) is 2.06. The molecular formula is C17H25NO. The molecule has 0 saturated carbocycles. The summed E-state index contributed by atoms with van der Waals surface area (Å²) in [4.78, 5) is 0. The topological polar surface area (TPSA) is 25.2 Å². The van der Waals surface area contributed by atoms with Crippen molar-refractivity contribution >= 4 is 11.0 Å². The van der Waals surface area contributed by atoms with E-state index in [1.807, 2.05) is 0 Å². The second-order valence-electron chi connectivity index (χ2n) is 5.85. The largest absolute Gasteiger partial charge is 0.459 e. The second-order valence-corrected chi connectivity index (χ2v) is 5.85. The Morgan fingerprint density at radius 1 is 1.16 bits per heavy atom. The first-order chi connectivity index (χ1) is 9.04. The molecule has 0 aliphatic heterocycles. The number of hydrogen-bond donors (Lipinski definition) is 1. The fourth-order valence-electron chi connectivity index (χ4n) is 2.60. The second kappa shape index (κ2) is 5.79. The number of fused-ring (bicyclic) bond motifs is 1. The van der Waals surface area contributed by atoms with Crippen LogP contribution in [-0.2, 0) is 0 Å². The molecule has 19 heavy (non-hydrogen) atoms. The Hall–Kier alpha value is -1.28. The lowest BCUT2D eigenvalue weighted by molar-refractivity contribution is 0.356. The number of furan rings is 1. The van der Waals surface area contributed by atoms with E-state index in [4.69, 9.17) is 4.42 Å². The number of benzene rings is 1. The van der Waals surface area contributed by atoms with Gasteiger partial charge in [-0.15, -0.1) is 0 Å². The number of rotatable bonds is 5. The standard InChI is InChI=1S/C17H25NO/c1-6-18-16(12(4)5)15-10-13-8-7-9-14(11(2)3)17(13)19-15/h7-12,16,18H,6H2,1-5H3. The van der Waals surface area contributed by atoms with Gasteiger partial charge >= 0.3 is 0 Å². The minimum absolute atomic E-state index is 0.289. The van der Waals surface area contributed by atoms with Crippen LogP contribution in [0.2, 0.25) is 0 Å². The molecule has 2 heteroatoms. The van der Waals surface area contributed by atoms with Crippen LogP contribution in [0.5, 0.6) is 0 Å². The quantitative estimate of drug-likeness (QED) is 0.829. The van der Waals surface area contributed by atoms with Crippen LogP contribution >= 0.6 is 0 Å². The van der Waals surface area contributed by atoms with Gasteiger partial charge in [-0.25, -0.2) is 0 Å². The van der Waals surface area contributed by atoms with Crippen LogP contribution in [0.15, 0.2) is 28.7 Å². The predicted molar refractivity (Wildman–Crippen MR) is 81.6 cm³/mol. The van der Waals surface area contributed by atoms with Crippen LogP contribution in [0.4, 0.5) is 0 Å². The molecule has 2 aromatic rings. The maximum absolute atomic E-state index is 6.17. The van der Waals surface area contributed by atoms with Gasteiger partial charge in [-0.05, 0) is 30.0 Å². The molecule has 2 nitrogen and oxygen atoms in total. The average molecular weight is 259 g/mol.